The summed E-state index contributed by atoms with van der Waals surface area (Å²) in [6, 6.07) is 0. The summed E-state index contributed by atoms with van der Waals surface area (Å²) in [6.07, 6.45) is 1.04. The fraction of sp³-hybridized carbons (Fsp3) is 0.625. The van der Waals surface area contributed by atoms with Gasteiger partial charge in [-0.15, -0.1) is 0 Å². The molecule has 1 atom stereocenters. The second-order valence-corrected chi connectivity index (χ2v) is 3.15. The number of hydrogen-bond acceptors (Lipinski definition) is 3. The number of aliphatic hydroxyl groups excluding tert-OH is 1. The van der Waals surface area contributed by atoms with Crippen molar-refractivity contribution in [3.8, 4) is 0 Å². The van der Waals surface area contributed by atoms with Crippen LogP contribution in [-0.2, 0) is 0 Å². The normalized spacial score (nSPS) is 13.8. The van der Waals surface area contributed by atoms with Crippen LogP contribution >= 0.6 is 0 Å². The molecule has 0 fully saturated rings. The molecule has 0 saturated carbocycles. The van der Waals surface area contributed by atoms with Gasteiger partial charge in [0.2, 0.25) is 0 Å². The highest BCUT2D eigenvalue weighted by Crippen LogP contribution is 2.21. The lowest BCUT2D eigenvalue weighted by Gasteiger charge is -2.09. The molecule has 0 bridgehead atoms. The van der Waals surface area contributed by atoms with Gasteiger partial charge in [-0.3, -0.25) is 5.10 Å². The van der Waals surface area contributed by atoms with E-state index in [-0.39, 0.29) is 6.54 Å². The maximum atomic E-state index is 9.46. The lowest BCUT2D eigenvalue weighted by molar-refractivity contribution is 0.185. The average molecular weight is 169 g/mol. The molecule has 0 aliphatic carbocycles. The van der Waals surface area contributed by atoms with E-state index in [0.29, 0.717) is 5.92 Å². The molecule has 0 aromatic carbocycles. The number of hydrogen-bond donors (Lipinski definition) is 3. The van der Waals surface area contributed by atoms with Gasteiger partial charge < -0.3 is 10.8 Å². The first-order valence-electron chi connectivity index (χ1n) is 4.08. The number of nitrogens with one attached hydrogen (secondary N) is 1. The summed E-state index contributed by atoms with van der Waals surface area (Å²) in [7, 11) is 0. The smallest absolute Gasteiger partial charge is 0.0945 e. The van der Waals surface area contributed by atoms with Crippen LogP contribution in [-0.4, -0.2) is 21.8 Å². The van der Waals surface area contributed by atoms with Crippen molar-refractivity contribution < 1.29 is 5.11 Å². The van der Waals surface area contributed by atoms with Crippen molar-refractivity contribution in [1.82, 2.24) is 10.2 Å². The van der Waals surface area contributed by atoms with Gasteiger partial charge in [0.1, 0.15) is 0 Å². The van der Waals surface area contributed by atoms with Gasteiger partial charge >= 0.3 is 0 Å². The molecule has 1 unspecified atom stereocenters. The molecule has 68 valence electrons. The number of aliphatic hydroxyl groups is 1. The molecular weight excluding hydrogens is 154 g/mol. The quantitative estimate of drug-likeness (QED) is 0.617. The summed E-state index contributed by atoms with van der Waals surface area (Å²) >= 11 is 0. The number of rotatable bonds is 3. The van der Waals surface area contributed by atoms with Gasteiger partial charge in [-0.05, 0) is 5.92 Å². The standard InChI is InChI=1S/C8H15N3O/c1-5(2)8-6(4-10-11-8)7(12)3-9/h4-5,7,12H,3,9H2,1-2H3,(H,10,11). The van der Waals surface area contributed by atoms with Gasteiger partial charge in [-0.1, -0.05) is 13.8 Å². The van der Waals surface area contributed by atoms with Crippen LogP contribution in [0.25, 0.3) is 0 Å². The van der Waals surface area contributed by atoms with E-state index in [0.717, 1.165) is 11.3 Å². The largest absolute Gasteiger partial charge is 0.387 e. The first-order valence-corrected chi connectivity index (χ1v) is 4.08. The summed E-state index contributed by atoms with van der Waals surface area (Å²) in [6.45, 7) is 4.32. The molecule has 4 N–H and O–H groups in total. The van der Waals surface area contributed by atoms with E-state index >= 15 is 0 Å². The predicted octanol–water partition coefficient (Wildman–Crippen LogP) is 0.525. The highest BCUT2D eigenvalue weighted by Gasteiger charge is 2.14. The number of H-pyrrole nitrogens is 1. The fourth-order valence-electron chi connectivity index (χ4n) is 1.16. The lowest BCUT2D eigenvalue weighted by Crippen LogP contribution is -2.12. The first-order chi connectivity index (χ1) is 5.66. The Morgan fingerprint density at radius 2 is 2.33 bits per heavy atom. The molecule has 4 heteroatoms. The average Bonchev–Trinajstić information content (AvgIpc) is 2.50. The maximum Gasteiger partial charge on any atom is 0.0945 e. The second kappa shape index (κ2) is 3.69. The van der Waals surface area contributed by atoms with Crippen molar-refractivity contribution in [1.29, 1.82) is 0 Å². The third kappa shape index (κ3) is 1.65. The molecule has 1 aromatic rings. The number of nitrogens with two attached hydrogens (primary N) is 1. The van der Waals surface area contributed by atoms with Gasteiger partial charge in [-0.2, -0.15) is 5.10 Å². The molecule has 1 heterocycles. The molecule has 0 aliphatic heterocycles. The van der Waals surface area contributed by atoms with Gasteiger partial charge in [0.25, 0.3) is 0 Å². The molecular formula is C8H15N3O. The Morgan fingerprint density at radius 1 is 1.67 bits per heavy atom. The zero-order valence-corrected chi connectivity index (χ0v) is 7.41. The Kier molecular flexibility index (Phi) is 2.83. The van der Waals surface area contributed by atoms with E-state index in [2.05, 4.69) is 10.2 Å². The van der Waals surface area contributed by atoms with E-state index in [1.54, 1.807) is 6.20 Å². The number of nitrogens with zero attached hydrogens (tertiary/aromatic N) is 1. The Balaban J connectivity index is 2.91. The van der Waals surface area contributed by atoms with Crippen molar-refractivity contribution in [3.05, 3.63) is 17.5 Å². The van der Waals surface area contributed by atoms with Crippen molar-refractivity contribution >= 4 is 0 Å². The van der Waals surface area contributed by atoms with E-state index in [4.69, 9.17) is 5.73 Å². The number of aromatic amines is 1. The summed E-state index contributed by atoms with van der Waals surface area (Å²) in [4.78, 5) is 0. The van der Waals surface area contributed by atoms with E-state index in [1.807, 2.05) is 13.8 Å². The Bertz CT molecular complexity index is 244. The predicted molar refractivity (Wildman–Crippen MR) is 46.7 cm³/mol. The minimum absolute atomic E-state index is 0.235. The SMILES string of the molecule is CC(C)c1[nH]ncc1C(O)CN. The van der Waals surface area contributed by atoms with Crippen molar-refractivity contribution in [2.75, 3.05) is 6.54 Å². The highest BCUT2D eigenvalue weighted by molar-refractivity contribution is 5.22. The van der Waals surface area contributed by atoms with Crippen LogP contribution in [0.2, 0.25) is 0 Å². The minimum atomic E-state index is -0.596. The topological polar surface area (TPSA) is 74.9 Å². The fourth-order valence-corrected chi connectivity index (χ4v) is 1.16. The summed E-state index contributed by atoms with van der Waals surface area (Å²) in [5.41, 5.74) is 7.12. The van der Waals surface area contributed by atoms with Gasteiger partial charge in [0.15, 0.2) is 0 Å². The summed E-state index contributed by atoms with van der Waals surface area (Å²) < 4.78 is 0. The van der Waals surface area contributed by atoms with E-state index in [1.165, 1.54) is 0 Å². The van der Waals surface area contributed by atoms with E-state index in [9.17, 15) is 5.11 Å². The molecule has 0 amide bonds. The van der Waals surface area contributed by atoms with Gasteiger partial charge in [0, 0.05) is 17.8 Å². The molecule has 1 aromatic heterocycles. The molecule has 0 spiro atoms. The van der Waals surface area contributed by atoms with Crippen LogP contribution in [0.1, 0.15) is 37.1 Å². The Hall–Kier alpha value is -0.870. The third-order valence-corrected chi connectivity index (χ3v) is 1.86. The number of aromatic nitrogens is 2. The van der Waals surface area contributed by atoms with Crippen LogP contribution < -0.4 is 5.73 Å². The molecule has 0 saturated heterocycles. The van der Waals surface area contributed by atoms with Crippen molar-refractivity contribution in [2.45, 2.75) is 25.9 Å². The summed E-state index contributed by atoms with van der Waals surface area (Å²) in [5, 5.41) is 16.2. The van der Waals surface area contributed by atoms with Crippen LogP contribution in [0.5, 0.6) is 0 Å². The van der Waals surface area contributed by atoms with Crippen LogP contribution in [0.4, 0.5) is 0 Å². The van der Waals surface area contributed by atoms with E-state index < -0.39 is 6.10 Å². The Morgan fingerprint density at radius 3 is 2.83 bits per heavy atom. The zero-order valence-electron chi connectivity index (χ0n) is 7.41. The second-order valence-electron chi connectivity index (χ2n) is 3.15. The molecule has 4 nitrogen and oxygen atoms in total. The van der Waals surface area contributed by atoms with Crippen molar-refractivity contribution in [3.63, 3.8) is 0 Å². The van der Waals surface area contributed by atoms with Gasteiger partial charge in [0.05, 0.1) is 12.3 Å². The Labute approximate surface area is 71.8 Å². The van der Waals surface area contributed by atoms with Crippen molar-refractivity contribution in [2.24, 2.45) is 5.73 Å². The maximum absolute atomic E-state index is 9.46. The highest BCUT2D eigenvalue weighted by atomic mass is 16.3. The first kappa shape index (κ1) is 9.22. The molecule has 1 rings (SSSR count). The zero-order chi connectivity index (χ0) is 9.14. The van der Waals surface area contributed by atoms with Crippen LogP contribution in [0, 0.1) is 0 Å². The van der Waals surface area contributed by atoms with Crippen LogP contribution in [0.3, 0.4) is 0 Å². The minimum Gasteiger partial charge on any atom is -0.387 e. The summed E-state index contributed by atoms with van der Waals surface area (Å²) in [5.74, 6) is 0.337. The monoisotopic (exact) mass is 169 g/mol. The van der Waals surface area contributed by atoms with Crippen LogP contribution in [0.15, 0.2) is 6.20 Å². The third-order valence-electron chi connectivity index (χ3n) is 1.86. The molecule has 0 aliphatic rings. The lowest BCUT2D eigenvalue weighted by atomic mass is 10.0. The van der Waals surface area contributed by atoms with Gasteiger partial charge in [-0.25, -0.2) is 0 Å². The molecule has 12 heavy (non-hydrogen) atoms. The molecule has 0 radical (unpaired) electrons.